The number of rotatable bonds is 7. The van der Waals surface area contributed by atoms with Gasteiger partial charge in [-0.3, -0.25) is 10.1 Å². The fourth-order valence-corrected chi connectivity index (χ4v) is 4.12. The van der Waals surface area contributed by atoms with E-state index in [0.717, 1.165) is 24.2 Å². The van der Waals surface area contributed by atoms with Crippen LogP contribution in [0.4, 0.5) is 5.13 Å². The Labute approximate surface area is 139 Å². The van der Waals surface area contributed by atoms with Crippen LogP contribution >= 0.6 is 11.3 Å². The summed E-state index contributed by atoms with van der Waals surface area (Å²) in [5.74, 6) is -0.363. The second-order valence-corrected chi connectivity index (χ2v) is 7.87. The minimum absolute atomic E-state index is 0.141. The van der Waals surface area contributed by atoms with E-state index in [2.05, 4.69) is 20.2 Å². The largest absolute Gasteiger partial charge is 0.296 e. The number of amides is 1. The second-order valence-electron chi connectivity index (χ2n) is 5.00. The summed E-state index contributed by atoms with van der Waals surface area (Å²) in [5, 5.41) is 10.1. The van der Waals surface area contributed by atoms with Gasteiger partial charge in [-0.05, 0) is 25.5 Å². The number of nitrogens with zero attached hydrogens (tertiary/aromatic N) is 2. The van der Waals surface area contributed by atoms with Crippen LogP contribution in [0.3, 0.4) is 0 Å². The zero-order chi connectivity index (χ0) is 16.9. The van der Waals surface area contributed by atoms with E-state index >= 15 is 0 Å². The van der Waals surface area contributed by atoms with Gasteiger partial charge >= 0.3 is 0 Å². The second kappa shape index (κ2) is 7.62. The molecule has 124 valence electrons. The summed E-state index contributed by atoms with van der Waals surface area (Å²) in [4.78, 5) is 12.0. The molecule has 0 saturated heterocycles. The number of hydrogen-bond acceptors (Lipinski definition) is 6. The Bertz CT molecular complexity index is 759. The number of anilines is 1. The standard InChI is InChI=1S/C14H18N4O3S2/c1-3-7-10(2)18-23(20,21)14-17-16-13(22-14)15-12(19)11-8-5-4-6-9-11/h4-6,8-10,18H,3,7H2,1-2H3,(H,15,16,19). The minimum Gasteiger partial charge on any atom is -0.296 e. The lowest BCUT2D eigenvalue weighted by atomic mass is 10.2. The average molecular weight is 354 g/mol. The Morgan fingerprint density at radius 1 is 1.26 bits per heavy atom. The van der Waals surface area contributed by atoms with E-state index in [1.807, 2.05) is 6.92 Å². The molecule has 2 N–H and O–H groups in total. The van der Waals surface area contributed by atoms with Gasteiger partial charge in [-0.1, -0.05) is 42.9 Å². The van der Waals surface area contributed by atoms with Crippen LogP contribution in [-0.4, -0.2) is 30.6 Å². The first-order chi connectivity index (χ1) is 10.9. The van der Waals surface area contributed by atoms with Gasteiger partial charge in [-0.2, -0.15) is 0 Å². The summed E-state index contributed by atoms with van der Waals surface area (Å²) in [5.41, 5.74) is 0.460. The molecule has 0 aliphatic rings. The van der Waals surface area contributed by atoms with Crippen LogP contribution in [0.5, 0.6) is 0 Å². The molecule has 1 aromatic carbocycles. The molecule has 9 heteroatoms. The van der Waals surface area contributed by atoms with Gasteiger partial charge in [0.25, 0.3) is 15.9 Å². The van der Waals surface area contributed by atoms with E-state index in [1.54, 1.807) is 37.3 Å². The summed E-state index contributed by atoms with van der Waals surface area (Å²) in [6.45, 7) is 3.77. The van der Waals surface area contributed by atoms with Gasteiger partial charge in [0.05, 0.1) is 0 Å². The number of carbonyl (C=O) groups excluding carboxylic acids is 1. The summed E-state index contributed by atoms with van der Waals surface area (Å²) in [6, 6.07) is 8.41. The van der Waals surface area contributed by atoms with E-state index in [1.165, 1.54) is 0 Å². The lowest BCUT2D eigenvalue weighted by Gasteiger charge is -2.10. The molecular formula is C14H18N4O3S2. The molecule has 23 heavy (non-hydrogen) atoms. The average Bonchev–Trinajstić information content (AvgIpc) is 2.97. The molecule has 0 saturated carbocycles. The van der Waals surface area contributed by atoms with Crippen molar-refractivity contribution in [1.82, 2.24) is 14.9 Å². The summed E-state index contributed by atoms with van der Waals surface area (Å²) in [7, 11) is -3.72. The Morgan fingerprint density at radius 3 is 2.61 bits per heavy atom. The molecule has 1 unspecified atom stereocenters. The molecule has 0 aliphatic carbocycles. The molecule has 2 rings (SSSR count). The Balaban J connectivity index is 2.07. The molecule has 0 spiro atoms. The molecule has 0 aliphatic heterocycles. The first kappa shape index (κ1) is 17.5. The fraction of sp³-hybridized carbons (Fsp3) is 0.357. The summed E-state index contributed by atoms with van der Waals surface area (Å²) >= 11 is 0.818. The van der Waals surface area contributed by atoms with Gasteiger partial charge < -0.3 is 0 Å². The highest BCUT2D eigenvalue weighted by Crippen LogP contribution is 2.21. The quantitative estimate of drug-likeness (QED) is 0.743. The maximum Gasteiger partial charge on any atom is 0.270 e. The molecule has 2 aromatic rings. The predicted molar refractivity (Wildman–Crippen MR) is 89.0 cm³/mol. The Morgan fingerprint density at radius 2 is 1.96 bits per heavy atom. The third-order valence-corrected chi connectivity index (χ3v) is 5.77. The SMILES string of the molecule is CCCC(C)NS(=O)(=O)c1nnc(NC(=O)c2ccccc2)s1. The van der Waals surface area contributed by atoms with Crippen molar-refractivity contribution in [3.05, 3.63) is 35.9 Å². The van der Waals surface area contributed by atoms with Crippen molar-refractivity contribution in [2.24, 2.45) is 0 Å². The zero-order valence-electron chi connectivity index (χ0n) is 12.8. The van der Waals surface area contributed by atoms with Gasteiger partial charge in [0.2, 0.25) is 9.47 Å². The number of sulfonamides is 1. The molecule has 1 heterocycles. The van der Waals surface area contributed by atoms with Crippen LogP contribution in [0.2, 0.25) is 0 Å². The van der Waals surface area contributed by atoms with Crippen molar-refractivity contribution in [3.8, 4) is 0 Å². The molecule has 1 aromatic heterocycles. The van der Waals surface area contributed by atoms with Gasteiger partial charge in [0.1, 0.15) is 0 Å². The lowest BCUT2D eigenvalue weighted by molar-refractivity contribution is 0.102. The third-order valence-electron chi connectivity index (χ3n) is 2.97. The van der Waals surface area contributed by atoms with Crippen LogP contribution in [0.25, 0.3) is 0 Å². The van der Waals surface area contributed by atoms with Crippen molar-refractivity contribution in [1.29, 1.82) is 0 Å². The predicted octanol–water partition coefficient (Wildman–Crippen LogP) is 2.26. The monoisotopic (exact) mass is 354 g/mol. The van der Waals surface area contributed by atoms with Crippen molar-refractivity contribution in [2.45, 2.75) is 37.1 Å². The number of aromatic nitrogens is 2. The number of nitrogens with one attached hydrogen (secondary N) is 2. The highest BCUT2D eigenvalue weighted by molar-refractivity contribution is 7.91. The van der Waals surface area contributed by atoms with Crippen LogP contribution in [0.15, 0.2) is 34.7 Å². The van der Waals surface area contributed by atoms with Crippen LogP contribution in [-0.2, 0) is 10.0 Å². The van der Waals surface area contributed by atoms with E-state index in [0.29, 0.717) is 5.56 Å². The molecule has 7 nitrogen and oxygen atoms in total. The van der Waals surface area contributed by atoms with Crippen LogP contribution in [0, 0.1) is 0 Å². The molecule has 1 atom stereocenters. The highest BCUT2D eigenvalue weighted by atomic mass is 32.2. The Kier molecular flexibility index (Phi) is 5.80. The Hall–Kier alpha value is -1.84. The highest BCUT2D eigenvalue weighted by Gasteiger charge is 2.22. The normalized spacial score (nSPS) is 12.8. The molecular weight excluding hydrogens is 336 g/mol. The zero-order valence-corrected chi connectivity index (χ0v) is 14.4. The first-order valence-corrected chi connectivity index (χ1v) is 9.44. The van der Waals surface area contributed by atoms with Crippen molar-refractivity contribution >= 4 is 32.4 Å². The van der Waals surface area contributed by atoms with Crippen molar-refractivity contribution in [3.63, 3.8) is 0 Å². The smallest absolute Gasteiger partial charge is 0.270 e. The summed E-state index contributed by atoms with van der Waals surface area (Å²) < 4.78 is 26.7. The molecule has 0 bridgehead atoms. The number of carbonyl (C=O) groups is 1. The fourth-order valence-electron chi connectivity index (χ4n) is 1.93. The number of hydrogen-bond donors (Lipinski definition) is 2. The third kappa shape index (κ3) is 4.81. The van der Waals surface area contributed by atoms with Crippen molar-refractivity contribution < 1.29 is 13.2 Å². The van der Waals surface area contributed by atoms with Crippen molar-refractivity contribution in [2.75, 3.05) is 5.32 Å². The van der Waals surface area contributed by atoms with Gasteiger partial charge in [0.15, 0.2) is 0 Å². The van der Waals surface area contributed by atoms with Crippen LogP contribution < -0.4 is 10.0 Å². The van der Waals surface area contributed by atoms with Gasteiger partial charge in [-0.15, -0.1) is 10.2 Å². The molecule has 0 fully saturated rings. The maximum absolute atomic E-state index is 12.2. The van der Waals surface area contributed by atoms with Crippen LogP contribution in [0.1, 0.15) is 37.0 Å². The van der Waals surface area contributed by atoms with Gasteiger partial charge in [-0.25, -0.2) is 13.1 Å². The molecule has 1 amide bonds. The van der Waals surface area contributed by atoms with E-state index in [-0.39, 0.29) is 21.4 Å². The molecule has 0 radical (unpaired) electrons. The van der Waals surface area contributed by atoms with E-state index in [9.17, 15) is 13.2 Å². The maximum atomic E-state index is 12.2. The first-order valence-electron chi connectivity index (χ1n) is 7.14. The number of benzene rings is 1. The van der Waals surface area contributed by atoms with Gasteiger partial charge in [0, 0.05) is 11.6 Å². The topological polar surface area (TPSA) is 101 Å². The minimum atomic E-state index is -3.72. The van der Waals surface area contributed by atoms with E-state index in [4.69, 9.17) is 0 Å². The summed E-state index contributed by atoms with van der Waals surface area (Å²) in [6.07, 6.45) is 1.60. The lowest BCUT2D eigenvalue weighted by Crippen LogP contribution is -2.32. The van der Waals surface area contributed by atoms with E-state index < -0.39 is 10.0 Å².